The van der Waals surface area contributed by atoms with Gasteiger partial charge in [-0.1, -0.05) is 26.2 Å². The van der Waals surface area contributed by atoms with Gasteiger partial charge in [0.05, 0.1) is 11.1 Å². The third-order valence-corrected chi connectivity index (χ3v) is 3.21. The summed E-state index contributed by atoms with van der Waals surface area (Å²) in [5.41, 5.74) is -1.57. The van der Waals surface area contributed by atoms with Crippen molar-refractivity contribution in [3.8, 4) is 0 Å². The zero-order chi connectivity index (χ0) is 16.0. The first kappa shape index (κ1) is 17.3. The molecule has 0 bridgehead atoms. The maximum Gasteiger partial charge on any atom is 0.417 e. The fraction of sp³-hybridized carbons (Fsp3) is 0.533. The summed E-state index contributed by atoms with van der Waals surface area (Å²) in [7, 11) is 0. The van der Waals surface area contributed by atoms with Crippen LogP contribution in [0.5, 0.6) is 0 Å². The normalized spacial score (nSPS) is 13.0. The molecule has 1 unspecified atom stereocenters. The fourth-order valence-electron chi connectivity index (χ4n) is 2.11. The van der Waals surface area contributed by atoms with Gasteiger partial charge in [0.25, 0.3) is 0 Å². The number of carboxylic acid groups (broad SMARTS) is 1. The van der Waals surface area contributed by atoms with Crippen LogP contribution in [0.15, 0.2) is 18.2 Å². The van der Waals surface area contributed by atoms with E-state index in [0.29, 0.717) is 0 Å². The van der Waals surface area contributed by atoms with Crippen LogP contribution in [0.1, 0.15) is 55.5 Å². The summed E-state index contributed by atoms with van der Waals surface area (Å²) < 4.78 is 38.7. The minimum atomic E-state index is -4.68. The highest BCUT2D eigenvalue weighted by atomic mass is 19.4. The van der Waals surface area contributed by atoms with Crippen molar-refractivity contribution in [1.82, 2.24) is 0 Å². The van der Waals surface area contributed by atoms with Crippen LogP contribution in [0.4, 0.5) is 18.9 Å². The predicted octanol–water partition coefficient (Wildman–Crippen LogP) is 4.78. The van der Waals surface area contributed by atoms with E-state index in [4.69, 9.17) is 5.11 Å². The van der Waals surface area contributed by atoms with E-state index in [2.05, 4.69) is 12.2 Å². The highest BCUT2D eigenvalue weighted by Crippen LogP contribution is 2.34. The van der Waals surface area contributed by atoms with Gasteiger partial charge in [0, 0.05) is 11.7 Å². The third kappa shape index (κ3) is 5.28. The van der Waals surface area contributed by atoms with Gasteiger partial charge in [-0.15, -0.1) is 0 Å². The first-order valence-electron chi connectivity index (χ1n) is 6.96. The molecule has 0 aliphatic heterocycles. The lowest BCUT2D eigenvalue weighted by Gasteiger charge is -2.17. The number of unbranched alkanes of at least 4 members (excludes halogenated alkanes) is 2. The lowest BCUT2D eigenvalue weighted by atomic mass is 10.0. The van der Waals surface area contributed by atoms with Gasteiger partial charge < -0.3 is 10.4 Å². The van der Waals surface area contributed by atoms with Gasteiger partial charge in [-0.05, 0) is 31.5 Å². The zero-order valence-electron chi connectivity index (χ0n) is 12.1. The first-order chi connectivity index (χ1) is 9.75. The molecule has 3 nitrogen and oxygen atoms in total. The van der Waals surface area contributed by atoms with Crippen molar-refractivity contribution in [3.63, 3.8) is 0 Å². The number of alkyl halides is 3. The highest BCUT2D eigenvalue weighted by Gasteiger charge is 2.35. The summed E-state index contributed by atoms with van der Waals surface area (Å²) in [5.74, 6) is -1.58. The van der Waals surface area contributed by atoms with Crippen LogP contribution in [-0.2, 0) is 6.18 Å². The molecule has 21 heavy (non-hydrogen) atoms. The number of carboxylic acids is 1. The van der Waals surface area contributed by atoms with E-state index in [1.165, 1.54) is 6.07 Å². The van der Waals surface area contributed by atoms with Gasteiger partial charge in [0.2, 0.25) is 0 Å². The molecule has 0 heterocycles. The molecule has 2 N–H and O–H groups in total. The summed E-state index contributed by atoms with van der Waals surface area (Å²) in [6, 6.07) is 3.26. The van der Waals surface area contributed by atoms with Crippen LogP contribution in [-0.4, -0.2) is 17.1 Å². The molecule has 1 atom stereocenters. The molecule has 1 aromatic rings. The third-order valence-electron chi connectivity index (χ3n) is 3.21. The molecule has 0 aliphatic carbocycles. The summed E-state index contributed by atoms with van der Waals surface area (Å²) in [5, 5.41) is 11.8. The molecular formula is C15H20F3NO2. The molecule has 0 aliphatic rings. The molecular weight excluding hydrogens is 283 g/mol. The number of aromatic carboxylic acids is 1. The van der Waals surface area contributed by atoms with Crippen molar-refractivity contribution in [2.45, 2.75) is 51.7 Å². The quantitative estimate of drug-likeness (QED) is 0.712. The van der Waals surface area contributed by atoms with Crippen LogP contribution < -0.4 is 5.32 Å². The van der Waals surface area contributed by atoms with Gasteiger partial charge in [-0.25, -0.2) is 4.79 Å². The van der Waals surface area contributed by atoms with E-state index in [-0.39, 0.29) is 11.7 Å². The number of anilines is 1. The van der Waals surface area contributed by atoms with Gasteiger partial charge in [0.15, 0.2) is 0 Å². The van der Waals surface area contributed by atoms with Gasteiger partial charge in [-0.3, -0.25) is 0 Å². The average molecular weight is 303 g/mol. The molecule has 0 fully saturated rings. The number of hydrogen-bond acceptors (Lipinski definition) is 2. The van der Waals surface area contributed by atoms with Crippen LogP contribution in [0.2, 0.25) is 0 Å². The minimum absolute atomic E-state index is 0.0355. The van der Waals surface area contributed by atoms with Crippen molar-refractivity contribution in [1.29, 1.82) is 0 Å². The molecule has 0 saturated heterocycles. The van der Waals surface area contributed by atoms with Crippen molar-refractivity contribution < 1.29 is 23.1 Å². The molecule has 0 radical (unpaired) electrons. The van der Waals surface area contributed by atoms with E-state index in [0.717, 1.165) is 37.8 Å². The predicted molar refractivity (Wildman–Crippen MR) is 75.6 cm³/mol. The molecule has 0 spiro atoms. The van der Waals surface area contributed by atoms with E-state index in [1.54, 1.807) is 0 Å². The Labute approximate surface area is 122 Å². The largest absolute Gasteiger partial charge is 0.478 e. The Bertz CT molecular complexity index is 486. The number of benzene rings is 1. The van der Waals surface area contributed by atoms with Crippen molar-refractivity contribution in [2.75, 3.05) is 5.32 Å². The standard InChI is InChI=1S/C15H20F3NO2/c1-3-4-5-6-10(2)19-11-7-8-12(14(20)21)13(9-11)15(16,17)18/h7-10,19H,3-6H2,1-2H3,(H,20,21). The van der Waals surface area contributed by atoms with E-state index >= 15 is 0 Å². The lowest BCUT2D eigenvalue weighted by Crippen LogP contribution is -2.17. The zero-order valence-corrected chi connectivity index (χ0v) is 12.1. The second-order valence-corrected chi connectivity index (χ2v) is 5.10. The molecule has 6 heteroatoms. The number of carbonyl (C=O) groups is 1. The van der Waals surface area contributed by atoms with Crippen LogP contribution in [0.3, 0.4) is 0 Å². The Hall–Kier alpha value is -1.72. The van der Waals surface area contributed by atoms with Gasteiger partial charge in [-0.2, -0.15) is 13.2 Å². The van der Waals surface area contributed by atoms with Crippen molar-refractivity contribution in [2.24, 2.45) is 0 Å². The number of hydrogen-bond donors (Lipinski definition) is 2. The van der Waals surface area contributed by atoms with Gasteiger partial charge >= 0.3 is 12.1 Å². The highest BCUT2D eigenvalue weighted by molar-refractivity contribution is 5.90. The Balaban J connectivity index is 2.88. The fourth-order valence-corrected chi connectivity index (χ4v) is 2.11. The number of halogens is 3. The van der Waals surface area contributed by atoms with E-state index in [1.807, 2.05) is 6.92 Å². The Morgan fingerprint density at radius 3 is 2.52 bits per heavy atom. The Morgan fingerprint density at radius 1 is 1.33 bits per heavy atom. The summed E-state index contributed by atoms with van der Waals surface area (Å²) in [4.78, 5) is 10.9. The van der Waals surface area contributed by atoms with E-state index in [9.17, 15) is 18.0 Å². The van der Waals surface area contributed by atoms with Crippen LogP contribution in [0, 0.1) is 0 Å². The SMILES string of the molecule is CCCCCC(C)Nc1ccc(C(=O)O)c(C(F)(F)F)c1. The number of nitrogens with one attached hydrogen (secondary N) is 1. The molecule has 1 rings (SSSR count). The van der Waals surface area contributed by atoms with Gasteiger partial charge in [0.1, 0.15) is 0 Å². The topological polar surface area (TPSA) is 49.3 Å². The molecule has 0 amide bonds. The van der Waals surface area contributed by atoms with Crippen LogP contribution >= 0.6 is 0 Å². The summed E-state index contributed by atoms with van der Waals surface area (Å²) in [6.45, 7) is 3.98. The Morgan fingerprint density at radius 2 is 2.00 bits per heavy atom. The lowest BCUT2D eigenvalue weighted by molar-refractivity contribution is -0.138. The summed E-state index contributed by atoms with van der Waals surface area (Å²) in [6.07, 6.45) is -0.660. The van der Waals surface area contributed by atoms with Crippen molar-refractivity contribution >= 4 is 11.7 Å². The second-order valence-electron chi connectivity index (χ2n) is 5.10. The minimum Gasteiger partial charge on any atom is -0.478 e. The molecule has 1 aromatic carbocycles. The van der Waals surface area contributed by atoms with E-state index < -0.39 is 23.3 Å². The maximum atomic E-state index is 12.9. The smallest absolute Gasteiger partial charge is 0.417 e. The Kier molecular flexibility index (Phi) is 6.05. The van der Waals surface area contributed by atoms with Crippen molar-refractivity contribution in [3.05, 3.63) is 29.3 Å². The van der Waals surface area contributed by atoms with Crippen LogP contribution in [0.25, 0.3) is 0 Å². The maximum absolute atomic E-state index is 12.9. The average Bonchev–Trinajstić information content (AvgIpc) is 2.37. The molecule has 118 valence electrons. The number of rotatable bonds is 7. The molecule has 0 aromatic heterocycles. The monoisotopic (exact) mass is 303 g/mol. The summed E-state index contributed by atoms with van der Waals surface area (Å²) >= 11 is 0. The first-order valence-corrected chi connectivity index (χ1v) is 6.96. The second kappa shape index (κ2) is 7.33. The molecule has 0 saturated carbocycles.